The van der Waals surface area contributed by atoms with Crippen molar-refractivity contribution < 1.29 is 19.4 Å². The van der Waals surface area contributed by atoms with Crippen LogP contribution < -0.4 is 0 Å². The fraction of sp³-hybridized carbons (Fsp3) is 0.467. The Morgan fingerprint density at radius 2 is 2.00 bits per heavy atom. The third kappa shape index (κ3) is 3.29. The minimum absolute atomic E-state index is 0.0109. The summed E-state index contributed by atoms with van der Waals surface area (Å²) in [4.78, 5) is 24.6. The molecule has 1 amide bonds. The van der Waals surface area contributed by atoms with E-state index in [1.807, 2.05) is 37.3 Å². The molecule has 0 saturated carbocycles. The molecule has 1 aromatic carbocycles. The molecule has 1 aliphatic rings. The van der Waals surface area contributed by atoms with E-state index in [0.29, 0.717) is 6.54 Å². The molecule has 2 rings (SSSR count). The first-order valence-electron chi connectivity index (χ1n) is 6.80. The molecular weight excluding hydrogens is 258 g/mol. The molecule has 20 heavy (non-hydrogen) atoms. The highest BCUT2D eigenvalue weighted by molar-refractivity contribution is 5.74. The molecule has 0 aromatic heterocycles. The Kier molecular flexibility index (Phi) is 4.61. The molecule has 5 heteroatoms. The van der Waals surface area contributed by atoms with E-state index in [1.54, 1.807) is 0 Å². The highest BCUT2D eigenvalue weighted by atomic mass is 16.6. The smallest absolute Gasteiger partial charge is 0.410 e. The van der Waals surface area contributed by atoms with Gasteiger partial charge in [-0.15, -0.1) is 0 Å². The summed E-state index contributed by atoms with van der Waals surface area (Å²) in [5.41, 5.74) is 0.918. The number of benzene rings is 1. The number of hydrogen-bond acceptors (Lipinski definition) is 3. The van der Waals surface area contributed by atoms with Crippen LogP contribution in [0.3, 0.4) is 0 Å². The number of nitrogens with zero attached hydrogens (tertiary/aromatic N) is 1. The minimum Gasteiger partial charge on any atom is -0.481 e. The summed E-state index contributed by atoms with van der Waals surface area (Å²) >= 11 is 0. The van der Waals surface area contributed by atoms with Crippen LogP contribution in [0.5, 0.6) is 0 Å². The monoisotopic (exact) mass is 277 g/mol. The normalized spacial score (nSPS) is 21.8. The van der Waals surface area contributed by atoms with Gasteiger partial charge in [0, 0.05) is 13.1 Å². The standard InChI is InChI=1S/C15H19NO4/c1-2-12-8-16(9-13(12)14(17)18)15(19)20-10-11-6-4-3-5-7-11/h3-7,12-13H,2,8-10H2,1H3,(H,17,18)/t12-,13+/m0/s1. The van der Waals surface area contributed by atoms with Gasteiger partial charge in [0.15, 0.2) is 0 Å². The third-order valence-electron chi connectivity index (χ3n) is 3.75. The molecular formula is C15H19NO4. The predicted octanol–water partition coefficient (Wildman–Crippen LogP) is 2.37. The van der Waals surface area contributed by atoms with Gasteiger partial charge in [0.2, 0.25) is 0 Å². The zero-order valence-electron chi connectivity index (χ0n) is 11.5. The van der Waals surface area contributed by atoms with E-state index in [1.165, 1.54) is 4.90 Å². The number of likely N-dealkylation sites (tertiary alicyclic amines) is 1. The number of amides is 1. The van der Waals surface area contributed by atoms with Gasteiger partial charge in [-0.05, 0) is 11.5 Å². The van der Waals surface area contributed by atoms with E-state index < -0.39 is 18.0 Å². The van der Waals surface area contributed by atoms with Gasteiger partial charge in [-0.2, -0.15) is 0 Å². The number of hydrogen-bond donors (Lipinski definition) is 1. The molecule has 108 valence electrons. The van der Waals surface area contributed by atoms with E-state index in [2.05, 4.69) is 0 Å². The summed E-state index contributed by atoms with van der Waals surface area (Å²) in [6.07, 6.45) is 0.315. The number of ether oxygens (including phenoxy) is 1. The van der Waals surface area contributed by atoms with Crippen molar-refractivity contribution in [3.63, 3.8) is 0 Å². The largest absolute Gasteiger partial charge is 0.481 e. The van der Waals surface area contributed by atoms with E-state index in [4.69, 9.17) is 9.84 Å². The fourth-order valence-corrected chi connectivity index (χ4v) is 2.52. The van der Waals surface area contributed by atoms with Crippen molar-refractivity contribution in [1.29, 1.82) is 0 Å². The average Bonchev–Trinajstić information content (AvgIpc) is 2.90. The number of carboxylic acid groups (broad SMARTS) is 1. The van der Waals surface area contributed by atoms with Crippen molar-refractivity contribution in [2.24, 2.45) is 11.8 Å². The van der Waals surface area contributed by atoms with Crippen LogP contribution in [0.4, 0.5) is 4.79 Å². The molecule has 0 aliphatic carbocycles. The molecule has 2 atom stereocenters. The molecule has 1 fully saturated rings. The lowest BCUT2D eigenvalue weighted by molar-refractivity contribution is -0.142. The zero-order valence-corrected chi connectivity index (χ0v) is 11.5. The highest BCUT2D eigenvalue weighted by Crippen LogP contribution is 2.26. The molecule has 0 unspecified atom stereocenters. The van der Waals surface area contributed by atoms with Crippen LogP contribution in [0.2, 0.25) is 0 Å². The van der Waals surface area contributed by atoms with Crippen LogP contribution in [-0.4, -0.2) is 35.2 Å². The van der Waals surface area contributed by atoms with Gasteiger partial charge in [0.1, 0.15) is 6.61 Å². The predicted molar refractivity (Wildman–Crippen MR) is 73.1 cm³/mol. The van der Waals surface area contributed by atoms with Crippen molar-refractivity contribution in [3.8, 4) is 0 Å². The van der Waals surface area contributed by atoms with E-state index in [0.717, 1.165) is 12.0 Å². The number of carbonyl (C=O) groups is 2. The molecule has 1 aromatic rings. The fourth-order valence-electron chi connectivity index (χ4n) is 2.52. The minimum atomic E-state index is -0.838. The zero-order chi connectivity index (χ0) is 14.5. The van der Waals surface area contributed by atoms with Gasteiger partial charge in [0.05, 0.1) is 5.92 Å². The van der Waals surface area contributed by atoms with Crippen LogP contribution in [0.25, 0.3) is 0 Å². The van der Waals surface area contributed by atoms with Gasteiger partial charge in [-0.25, -0.2) is 4.79 Å². The second kappa shape index (κ2) is 6.41. The first-order chi connectivity index (χ1) is 9.61. The van der Waals surface area contributed by atoms with Gasteiger partial charge in [-0.1, -0.05) is 43.7 Å². The maximum absolute atomic E-state index is 12.0. The third-order valence-corrected chi connectivity index (χ3v) is 3.75. The Labute approximate surface area is 118 Å². The topological polar surface area (TPSA) is 66.8 Å². The number of carbonyl (C=O) groups excluding carboxylic acids is 1. The molecule has 1 aliphatic heterocycles. The Balaban J connectivity index is 1.89. The van der Waals surface area contributed by atoms with E-state index >= 15 is 0 Å². The maximum atomic E-state index is 12.0. The highest BCUT2D eigenvalue weighted by Gasteiger charge is 2.39. The molecule has 5 nitrogen and oxygen atoms in total. The Bertz CT molecular complexity index is 474. The maximum Gasteiger partial charge on any atom is 0.410 e. The quantitative estimate of drug-likeness (QED) is 0.917. The number of carboxylic acids is 1. The van der Waals surface area contributed by atoms with Crippen LogP contribution >= 0.6 is 0 Å². The van der Waals surface area contributed by atoms with Crippen molar-refractivity contribution in [1.82, 2.24) is 4.90 Å². The summed E-state index contributed by atoms with van der Waals surface area (Å²) in [6, 6.07) is 9.42. The Morgan fingerprint density at radius 1 is 1.30 bits per heavy atom. The van der Waals surface area contributed by atoms with Crippen molar-refractivity contribution >= 4 is 12.1 Å². The van der Waals surface area contributed by atoms with Gasteiger partial charge in [-0.3, -0.25) is 4.79 Å². The van der Waals surface area contributed by atoms with Crippen LogP contribution in [0.15, 0.2) is 30.3 Å². The molecule has 0 spiro atoms. The van der Waals surface area contributed by atoms with Crippen molar-refractivity contribution in [3.05, 3.63) is 35.9 Å². The SMILES string of the molecule is CC[C@H]1CN(C(=O)OCc2ccccc2)C[C@H]1C(=O)O. The number of aliphatic carboxylic acids is 1. The lowest BCUT2D eigenvalue weighted by Crippen LogP contribution is -2.30. The van der Waals surface area contributed by atoms with Gasteiger partial charge in [0.25, 0.3) is 0 Å². The van der Waals surface area contributed by atoms with Gasteiger partial charge >= 0.3 is 12.1 Å². The molecule has 0 bridgehead atoms. The Morgan fingerprint density at radius 3 is 2.55 bits per heavy atom. The summed E-state index contributed by atoms with van der Waals surface area (Å²) in [5.74, 6) is -1.31. The first kappa shape index (κ1) is 14.4. The van der Waals surface area contributed by atoms with E-state index in [-0.39, 0.29) is 19.1 Å². The summed E-state index contributed by atoms with van der Waals surface area (Å²) < 4.78 is 5.23. The summed E-state index contributed by atoms with van der Waals surface area (Å²) in [6.45, 7) is 2.85. The van der Waals surface area contributed by atoms with Crippen molar-refractivity contribution in [2.75, 3.05) is 13.1 Å². The average molecular weight is 277 g/mol. The lowest BCUT2D eigenvalue weighted by atomic mass is 9.94. The summed E-state index contributed by atoms with van der Waals surface area (Å²) in [7, 11) is 0. The van der Waals surface area contributed by atoms with Crippen LogP contribution in [-0.2, 0) is 16.1 Å². The molecule has 0 radical (unpaired) electrons. The second-order valence-electron chi connectivity index (χ2n) is 5.06. The molecule has 1 N–H and O–H groups in total. The second-order valence-corrected chi connectivity index (χ2v) is 5.06. The lowest BCUT2D eigenvalue weighted by Gasteiger charge is -2.15. The van der Waals surface area contributed by atoms with E-state index in [9.17, 15) is 9.59 Å². The van der Waals surface area contributed by atoms with Crippen LogP contribution in [0, 0.1) is 11.8 Å². The molecule has 1 heterocycles. The van der Waals surface area contributed by atoms with Gasteiger partial charge < -0.3 is 14.7 Å². The Hall–Kier alpha value is -2.04. The molecule has 1 saturated heterocycles. The summed E-state index contributed by atoms with van der Waals surface area (Å²) in [5, 5.41) is 9.14. The van der Waals surface area contributed by atoms with Crippen molar-refractivity contribution in [2.45, 2.75) is 20.0 Å². The number of rotatable bonds is 4. The first-order valence-corrected chi connectivity index (χ1v) is 6.80. The van der Waals surface area contributed by atoms with Crippen LogP contribution in [0.1, 0.15) is 18.9 Å².